The summed E-state index contributed by atoms with van der Waals surface area (Å²) in [4.78, 5) is 25.5. The number of hydrogen-bond donors (Lipinski definition) is 1. The first-order valence-corrected chi connectivity index (χ1v) is 7.25. The van der Waals surface area contributed by atoms with Crippen LogP contribution in [-0.4, -0.2) is 28.1 Å². The van der Waals surface area contributed by atoms with Gasteiger partial charge in [-0.15, -0.1) is 0 Å². The minimum absolute atomic E-state index is 0.162. The number of nitro groups is 1. The van der Waals surface area contributed by atoms with Crippen molar-refractivity contribution in [2.24, 2.45) is 0 Å². The molecular formula is C15H18ClN3O4. The Morgan fingerprint density at radius 1 is 1.52 bits per heavy atom. The van der Waals surface area contributed by atoms with Crippen LogP contribution in [0.15, 0.2) is 6.20 Å². The number of carbonyl (C=O) groups is 1. The lowest BCUT2D eigenvalue weighted by Gasteiger charge is -2.19. The van der Waals surface area contributed by atoms with Gasteiger partial charge in [0.05, 0.1) is 10.5 Å². The number of carbonyl (C=O) groups excluding carboxylic acids is 1. The summed E-state index contributed by atoms with van der Waals surface area (Å²) >= 11 is 5.71. The minimum atomic E-state index is -0.583. The summed E-state index contributed by atoms with van der Waals surface area (Å²) in [7, 11) is 0. The fourth-order valence-corrected chi connectivity index (χ4v) is 1.86. The number of amides is 1. The Labute approximate surface area is 139 Å². The molecule has 0 aromatic carbocycles. The third kappa shape index (κ3) is 6.12. The van der Waals surface area contributed by atoms with Crippen molar-refractivity contribution < 1.29 is 14.5 Å². The van der Waals surface area contributed by atoms with Crippen molar-refractivity contribution in [3.8, 4) is 11.8 Å². The molecular weight excluding hydrogens is 322 g/mol. The van der Waals surface area contributed by atoms with Gasteiger partial charge in [0.25, 0.3) is 0 Å². The summed E-state index contributed by atoms with van der Waals surface area (Å²) in [5.74, 6) is 5.61. The average molecular weight is 340 g/mol. The van der Waals surface area contributed by atoms with Gasteiger partial charge in [0.2, 0.25) is 5.15 Å². The van der Waals surface area contributed by atoms with Crippen LogP contribution >= 0.6 is 11.6 Å². The predicted octanol–water partition coefficient (Wildman–Crippen LogP) is 3.22. The van der Waals surface area contributed by atoms with Crippen molar-refractivity contribution in [2.45, 2.75) is 39.7 Å². The van der Waals surface area contributed by atoms with Crippen molar-refractivity contribution in [1.29, 1.82) is 0 Å². The zero-order chi connectivity index (χ0) is 17.6. The number of pyridine rings is 1. The van der Waals surface area contributed by atoms with E-state index in [4.69, 9.17) is 16.3 Å². The molecule has 0 saturated heterocycles. The summed E-state index contributed by atoms with van der Waals surface area (Å²) in [5, 5.41) is 13.3. The molecule has 7 nitrogen and oxygen atoms in total. The molecule has 23 heavy (non-hydrogen) atoms. The van der Waals surface area contributed by atoms with Crippen molar-refractivity contribution in [3.63, 3.8) is 0 Å². The topological polar surface area (TPSA) is 94.4 Å². The van der Waals surface area contributed by atoms with E-state index in [0.29, 0.717) is 24.1 Å². The molecule has 1 N–H and O–H groups in total. The van der Waals surface area contributed by atoms with E-state index in [1.54, 1.807) is 27.7 Å². The first-order valence-electron chi connectivity index (χ1n) is 6.87. The smallest absolute Gasteiger partial charge is 0.407 e. The summed E-state index contributed by atoms with van der Waals surface area (Å²) < 4.78 is 5.08. The molecule has 1 amide bonds. The van der Waals surface area contributed by atoms with Gasteiger partial charge < -0.3 is 10.1 Å². The second kappa shape index (κ2) is 7.79. The van der Waals surface area contributed by atoms with Gasteiger partial charge in [0.15, 0.2) is 0 Å². The van der Waals surface area contributed by atoms with Crippen LogP contribution in [0.2, 0.25) is 5.15 Å². The largest absolute Gasteiger partial charge is 0.444 e. The van der Waals surface area contributed by atoms with Crippen molar-refractivity contribution >= 4 is 23.4 Å². The number of alkyl carbamates (subject to hydrolysis) is 1. The molecule has 124 valence electrons. The van der Waals surface area contributed by atoms with Crippen LogP contribution < -0.4 is 5.32 Å². The lowest BCUT2D eigenvalue weighted by molar-refractivity contribution is -0.385. The van der Waals surface area contributed by atoms with Gasteiger partial charge in [-0.1, -0.05) is 23.4 Å². The second-order valence-corrected chi connectivity index (χ2v) is 6.03. The van der Waals surface area contributed by atoms with Crippen LogP contribution in [0.5, 0.6) is 0 Å². The van der Waals surface area contributed by atoms with Gasteiger partial charge in [0.1, 0.15) is 5.60 Å². The fourth-order valence-electron chi connectivity index (χ4n) is 1.60. The maximum Gasteiger partial charge on any atom is 0.407 e. The van der Waals surface area contributed by atoms with Crippen LogP contribution in [0.3, 0.4) is 0 Å². The molecule has 0 bridgehead atoms. The first-order chi connectivity index (χ1) is 10.6. The van der Waals surface area contributed by atoms with Crippen LogP contribution in [0, 0.1) is 28.9 Å². The molecule has 8 heteroatoms. The monoisotopic (exact) mass is 339 g/mol. The van der Waals surface area contributed by atoms with Gasteiger partial charge >= 0.3 is 11.8 Å². The number of nitrogens with one attached hydrogen (secondary N) is 1. The number of ether oxygens (including phenoxy) is 1. The van der Waals surface area contributed by atoms with Crippen LogP contribution in [-0.2, 0) is 4.74 Å². The second-order valence-electron chi connectivity index (χ2n) is 5.67. The standard InChI is InChI=1S/C15H18ClN3O4/c1-10-11(9-18-13(16)12(10)19(21)22)7-5-6-8-17-14(20)23-15(2,3)4/h9H,6,8H2,1-4H3,(H,17,20). The van der Waals surface area contributed by atoms with Gasteiger partial charge in [0, 0.05) is 24.7 Å². The Bertz CT molecular complexity index is 672. The molecule has 0 saturated carbocycles. The number of hydrogen-bond acceptors (Lipinski definition) is 5. The van der Waals surface area contributed by atoms with E-state index < -0.39 is 16.6 Å². The fraction of sp³-hybridized carbons (Fsp3) is 0.467. The Hall–Kier alpha value is -2.33. The molecule has 1 rings (SSSR count). The predicted molar refractivity (Wildman–Crippen MR) is 86.4 cm³/mol. The zero-order valence-electron chi connectivity index (χ0n) is 13.4. The molecule has 0 fully saturated rings. The molecule has 0 aliphatic carbocycles. The molecule has 0 spiro atoms. The lowest BCUT2D eigenvalue weighted by Crippen LogP contribution is -2.32. The maximum atomic E-state index is 11.4. The van der Waals surface area contributed by atoms with E-state index in [0.717, 1.165) is 0 Å². The number of rotatable bonds is 3. The Kier molecular flexibility index (Phi) is 6.34. The van der Waals surface area contributed by atoms with Crippen molar-refractivity contribution in [2.75, 3.05) is 6.54 Å². The third-order valence-corrected chi connectivity index (χ3v) is 2.86. The molecule has 0 aliphatic heterocycles. The Morgan fingerprint density at radius 3 is 2.74 bits per heavy atom. The molecule has 0 aliphatic rings. The van der Waals surface area contributed by atoms with Crippen LogP contribution in [0.25, 0.3) is 0 Å². The number of nitrogens with zero attached hydrogens (tertiary/aromatic N) is 2. The highest BCUT2D eigenvalue weighted by Crippen LogP contribution is 2.27. The SMILES string of the molecule is Cc1c(C#CCCNC(=O)OC(C)(C)C)cnc(Cl)c1[N+](=O)[O-]. The molecule has 0 atom stereocenters. The van der Waals surface area contributed by atoms with E-state index >= 15 is 0 Å². The molecule has 1 aromatic heterocycles. The van der Waals surface area contributed by atoms with E-state index in [1.807, 2.05) is 0 Å². The molecule has 0 unspecified atom stereocenters. The molecule has 1 aromatic rings. The molecule has 0 radical (unpaired) electrons. The van der Waals surface area contributed by atoms with E-state index in [2.05, 4.69) is 22.1 Å². The van der Waals surface area contributed by atoms with E-state index in [9.17, 15) is 14.9 Å². The van der Waals surface area contributed by atoms with E-state index in [-0.39, 0.29) is 10.8 Å². The van der Waals surface area contributed by atoms with Gasteiger partial charge in [-0.25, -0.2) is 9.78 Å². The highest BCUT2D eigenvalue weighted by Gasteiger charge is 2.19. The third-order valence-electron chi connectivity index (χ3n) is 2.59. The van der Waals surface area contributed by atoms with Crippen molar-refractivity contribution in [3.05, 3.63) is 32.6 Å². The highest BCUT2D eigenvalue weighted by molar-refractivity contribution is 6.31. The van der Waals surface area contributed by atoms with Gasteiger partial charge in [-0.2, -0.15) is 0 Å². The summed E-state index contributed by atoms with van der Waals surface area (Å²) in [6.07, 6.45) is 1.24. The first kappa shape index (κ1) is 18.7. The average Bonchev–Trinajstić information content (AvgIpc) is 2.38. The molecule has 1 heterocycles. The normalized spacial score (nSPS) is 10.5. The summed E-state index contributed by atoms with van der Waals surface area (Å²) in [6.45, 7) is 7.19. The zero-order valence-corrected chi connectivity index (χ0v) is 14.2. The highest BCUT2D eigenvalue weighted by atomic mass is 35.5. The quantitative estimate of drug-likeness (QED) is 0.300. The van der Waals surface area contributed by atoms with Crippen LogP contribution in [0.4, 0.5) is 10.5 Å². The maximum absolute atomic E-state index is 11.4. The lowest BCUT2D eigenvalue weighted by atomic mass is 10.1. The number of aromatic nitrogens is 1. The number of halogens is 1. The van der Waals surface area contributed by atoms with E-state index in [1.165, 1.54) is 6.20 Å². The van der Waals surface area contributed by atoms with Crippen LogP contribution in [0.1, 0.15) is 38.3 Å². The minimum Gasteiger partial charge on any atom is -0.444 e. The van der Waals surface area contributed by atoms with Gasteiger partial charge in [-0.3, -0.25) is 10.1 Å². The van der Waals surface area contributed by atoms with Crippen molar-refractivity contribution in [1.82, 2.24) is 10.3 Å². The summed E-state index contributed by atoms with van der Waals surface area (Å²) in [6, 6.07) is 0. The van der Waals surface area contributed by atoms with Gasteiger partial charge in [-0.05, 0) is 27.7 Å². The Morgan fingerprint density at radius 2 is 2.17 bits per heavy atom. The Balaban J connectivity index is 2.63. The summed E-state index contributed by atoms with van der Waals surface area (Å²) in [5.41, 5.74) is -0.00726.